The lowest BCUT2D eigenvalue weighted by Crippen LogP contribution is -2.30. The number of thioether (sulfide) groups is 1. The van der Waals surface area contributed by atoms with Crippen molar-refractivity contribution in [3.8, 4) is 11.1 Å². The molecule has 0 fully saturated rings. The second kappa shape index (κ2) is 16.2. The summed E-state index contributed by atoms with van der Waals surface area (Å²) in [4.78, 5) is 41.2. The van der Waals surface area contributed by atoms with E-state index in [0.29, 0.717) is 16.9 Å². The molecule has 0 saturated carbocycles. The van der Waals surface area contributed by atoms with Crippen molar-refractivity contribution in [3.05, 3.63) is 192 Å². The van der Waals surface area contributed by atoms with Crippen molar-refractivity contribution in [1.29, 1.82) is 0 Å². The number of carbonyl (C=O) groups excluding carboxylic acids is 3. The molecule has 6 nitrogen and oxygen atoms in total. The van der Waals surface area contributed by atoms with Crippen LogP contribution in [-0.2, 0) is 9.59 Å². The molecule has 1 atom stereocenters. The molecule has 246 valence electrons. The molecule has 0 saturated heterocycles. The Morgan fingerprint density at radius 3 is 1.90 bits per heavy atom. The van der Waals surface area contributed by atoms with Crippen LogP contribution in [0.15, 0.2) is 174 Å². The van der Waals surface area contributed by atoms with Gasteiger partial charge in [-0.3, -0.25) is 14.4 Å². The smallest absolute Gasteiger partial charge is 0.272 e. The molecule has 0 radical (unpaired) electrons. The van der Waals surface area contributed by atoms with E-state index >= 15 is 0 Å². The molecule has 6 rings (SSSR count). The minimum absolute atomic E-state index is 0.0604. The molecule has 3 amide bonds. The van der Waals surface area contributed by atoms with Gasteiger partial charge in [0, 0.05) is 21.8 Å². The summed E-state index contributed by atoms with van der Waals surface area (Å²) in [7, 11) is 0. The van der Waals surface area contributed by atoms with E-state index < -0.39 is 22.9 Å². The number of carbonyl (C=O) groups is 3. The van der Waals surface area contributed by atoms with Crippen LogP contribution in [0.3, 0.4) is 0 Å². The monoisotopic (exact) mass is 677 g/mol. The SMILES string of the molecule is O=C(Nc1cccc(SC(C(=O)Nc2ccc(F)cc2)c2ccccc2)c1)/C(=C\c1ccc(-c2ccccc2)cc1)NC(=O)c1ccccc1. The maximum absolute atomic E-state index is 13.8. The Labute approximate surface area is 294 Å². The first kappa shape index (κ1) is 33.6. The minimum atomic E-state index is -0.647. The highest BCUT2D eigenvalue weighted by Crippen LogP contribution is 2.37. The summed E-state index contributed by atoms with van der Waals surface area (Å²) in [5.41, 5.74) is 5.02. The summed E-state index contributed by atoms with van der Waals surface area (Å²) >= 11 is 1.31. The third kappa shape index (κ3) is 9.00. The fourth-order valence-electron chi connectivity index (χ4n) is 5.13. The fourth-order valence-corrected chi connectivity index (χ4v) is 6.22. The molecule has 8 heteroatoms. The quantitative estimate of drug-likeness (QED) is 0.0942. The van der Waals surface area contributed by atoms with Crippen molar-refractivity contribution in [2.45, 2.75) is 10.1 Å². The molecule has 6 aromatic rings. The van der Waals surface area contributed by atoms with Gasteiger partial charge in [-0.2, -0.15) is 0 Å². The predicted octanol–water partition coefficient (Wildman–Crippen LogP) is 9.37. The number of halogens is 1. The van der Waals surface area contributed by atoms with Gasteiger partial charge in [-0.1, -0.05) is 109 Å². The van der Waals surface area contributed by atoms with Crippen molar-refractivity contribution in [2.24, 2.45) is 0 Å². The number of anilines is 2. The molecule has 0 spiro atoms. The summed E-state index contributed by atoms with van der Waals surface area (Å²) in [5, 5.41) is 7.93. The van der Waals surface area contributed by atoms with Crippen molar-refractivity contribution in [2.75, 3.05) is 10.6 Å². The summed E-state index contributed by atoms with van der Waals surface area (Å²) in [6.07, 6.45) is 1.63. The molecule has 0 aromatic heterocycles. The van der Waals surface area contributed by atoms with Crippen LogP contribution in [0, 0.1) is 5.82 Å². The lowest BCUT2D eigenvalue weighted by Gasteiger charge is -2.18. The average Bonchev–Trinajstić information content (AvgIpc) is 3.16. The van der Waals surface area contributed by atoms with Crippen LogP contribution in [0.4, 0.5) is 15.8 Å². The highest BCUT2D eigenvalue weighted by atomic mass is 32.2. The number of rotatable bonds is 11. The van der Waals surface area contributed by atoms with Crippen LogP contribution in [0.5, 0.6) is 0 Å². The van der Waals surface area contributed by atoms with Crippen LogP contribution in [0.25, 0.3) is 17.2 Å². The van der Waals surface area contributed by atoms with E-state index in [-0.39, 0.29) is 11.6 Å². The molecular formula is C42H32FN3O3S. The highest BCUT2D eigenvalue weighted by molar-refractivity contribution is 8.00. The minimum Gasteiger partial charge on any atom is -0.325 e. The molecule has 0 aliphatic carbocycles. The third-order valence-electron chi connectivity index (χ3n) is 7.66. The van der Waals surface area contributed by atoms with Crippen LogP contribution in [-0.4, -0.2) is 17.7 Å². The molecule has 0 bridgehead atoms. The number of nitrogens with one attached hydrogen (secondary N) is 3. The van der Waals surface area contributed by atoms with Crippen LogP contribution >= 0.6 is 11.8 Å². The Morgan fingerprint density at radius 2 is 1.22 bits per heavy atom. The van der Waals surface area contributed by atoms with Crippen molar-refractivity contribution >= 4 is 46.9 Å². The molecular weight excluding hydrogens is 646 g/mol. The van der Waals surface area contributed by atoms with Gasteiger partial charge in [-0.05, 0) is 82.9 Å². The zero-order valence-corrected chi connectivity index (χ0v) is 27.6. The average molecular weight is 678 g/mol. The Balaban J connectivity index is 1.23. The zero-order chi connectivity index (χ0) is 34.7. The maximum Gasteiger partial charge on any atom is 0.272 e. The lowest BCUT2D eigenvalue weighted by molar-refractivity contribution is -0.116. The normalized spacial score (nSPS) is 11.7. The Bertz CT molecular complexity index is 2110. The van der Waals surface area contributed by atoms with Crippen LogP contribution < -0.4 is 16.0 Å². The van der Waals surface area contributed by atoms with Crippen molar-refractivity contribution in [3.63, 3.8) is 0 Å². The summed E-state index contributed by atoms with van der Waals surface area (Å²) in [6, 6.07) is 48.4. The van der Waals surface area contributed by atoms with E-state index in [2.05, 4.69) is 16.0 Å². The Kier molecular flexibility index (Phi) is 10.9. The number of benzene rings is 6. The first-order valence-corrected chi connectivity index (χ1v) is 16.7. The second-order valence-corrected chi connectivity index (χ2v) is 12.4. The molecule has 1 unspecified atom stereocenters. The van der Waals surface area contributed by atoms with Crippen molar-refractivity contribution in [1.82, 2.24) is 5.32 Å². The Hall–Kier alpha value is -6.25. The van der Waals surface area contributed by atoms with E-state index in [0.717, 1.165) is 27.1 Å². The standard InChI is InChI=1S/C42H32FN3O3S/c43-34-23-25-35(26-24-34)44-42(49)39(32-13-6-2-7-14-32)50-37-18-10-17-36(28-37)45-41(48)38(46-40(47)33-15-8-3-9-16-33)27-29-19-21-31(22-20-29)30-11-4-1-5-12-30/h1-28,39H,(H,44,49)(H,45,48)(H,46,47)/b38-27+. The summed E-state index contributed by atoms with van der Waals surface area (Å²) in [5.74, 6) is -1.61. The van der Waals surface area contributed by atoms with Gasteiger partial charge < -0.3 is 16.0 Å². The second-order valence-electron chi connectivity index (χ2n) is 11.3. The van der Waals surface area contributed by atoms with E-state index in [1.165, 1.54) is 36.0 Å². The number of amides is 3. The summed E-state index contributed by atoms with van der Waals surface area (Å²) in [6.45, 7) is 0. The van der Waals surface area contributed by atoms with Gasteiger partial charge >= 0.3 is 0 Å². The predicted molar refractivity (Wildman–Crippen MR) is 199 cm³/mol. The van der Waals surface area contributed by atoms with Gasteiger partial charge in [0.15, 0.2) is 0 Å². The van der Waals surface area contributed by atoms with Crippen LogP contribution in [0.1, 0.15) is 26.7 Å². The zero-order valence-electron chi connectivity index (χ0n) is 26.8. The molecule has 3 N–H and O–H groups in total. The van der Waals surface area contributed by atoms with Crippen LogP contribution in [0.2, 0.25) is 0 Å². The fraction of sp³-hybridized carbons (Fsp3) is 0.0238. The molecule has 6 aromatic carbocycles. The third-order valence-corrected chi connectivity index (χ3v) is 8.90. The maximum atomic E-state index is 13.8. The highest BCUT2D eigenvalue weighted by Gasteiger charge is 2.23. The van der Waals surface area contributed by atoms with E-state index in [4.69, 9.17) is 0 Å². The van der Waals surface area contributed by atoms with Gasteiger partial charge in [0.05, 0.1) is 0 Å². The van der Waals surface area contributed by atoms with Gasteiger partial charge in [0.25, 0.3) is 11.8 Å². The van der Waals surface area contributed by atoms with Gasteiger partial charge in [-0.25, -0.2) is 4.39 Å². The molecule has 0 heterocycles. The Morgan fingerprint density at radius 1 is 0.600 bits per heavy atom. The molecule has 0 aliphatic rings. The number of hydrogen-bond donors (Lipinski definition) is 3. The van der Waals surface area contributed by atoms with Gasteiger partial charge in [0.2, 0.25) is 5.91 Å². The van der Waals surface area contributed by atoms with E-state index in [1.54, 1.807) is 48.5 Å². The lowest BCUT2D eigenvalue weighted by atomic mass is 10.0. The topological polar surface area (TPSA) is 87.3 Å². The molecule has 50 heavy (non-hydrogen) atoms. The van der Waals surface area contributed by atoms with Gasteiger partial charge in [0.1, 0.15) is 16.8 Å². The van der Waals surface area contributed by atoms with E-state index in [9.17, 15) is 18.8 Å². The first-order valence-electron chi connectivity index (χ1n) is 15.8. The van der Waals surface area contributed by atoms with E-state index in [1.807, 2.05) is 97.1 Å². The largest absolute Gasteiger partial charge is 0.325 e. The summed E-state index contributed by atoms with van der Waals surface area (Å²) < 4.78 is 13.5. The molecule has 0 aliphatic heterocycles. The number of hydrogen-bond acceptors (Lipinski definition) is 4. The first-order chi connectivity index (χ1) is 24.4. The van der Waals surface area contributed by atoms with Crippen molar-refractivity contribution < 1.29 is 18.8 Å². The van der Waals surface area contributed by atoms with Gasteiger partial charge in [-0.15, -0.1) is 11.8 Å².